The number of hydrogen-bond donors (Lipinski definition) is 1. The van der Waals surface area contributed by atoms with Gasteiger partial charge in [0.2, 0.25) is 10.0 Å². The number of alkyl halides is 3. The first kappa shape index (κ1) is 25.6. The van der Waals surface area contributed by atoms with Gasteiger partial charge in [-0.3, -0.25) is 4.31 Å². The molecule has 0 spiro atoms. The van der Waals surface area contributed by atoms with Crippen molar-refractivity contribution in [1.82, 2.24) is 0 Å². The predicted molar refractivity (Wildman–Crippen MR) is 125 cm³/mol. The Kier molecular flexibility index (Phi) is 7.60. The van der Waals surface area contributed by atoms with Crippen molar-refractivity contribution in [2.24, 2.45) is 23.5 Å². The lowest BCUT2D eigenvalue weighted by Gasteiger charge is -2.22. The summed E-state index contributed by atoms with van der Waals surface area (Å²) < 4.78 is 66.3. The maximum Gasteiger partial charge on any atom is 0.417 e. The van der Waals surface area contributed by atoms with Gasteiger partial charge in [0.1, 0.15) is 0 Å². The van der Waals surface area contributed by atoms with Crippen LogP contribution in [0.25, 0.3) is 0 Å². The number of benzene rings is 2. The van der Waals surface area contributed by atoms with E-state index >= 15 is 0 Å². The average Bonchev–Trinajstić information content (AvgIpc) is 3.53. The Labute approximate surface area is 198 Å². The van der Waals surface area contributed by atoms with Gasteiger partial charge in [-0.15, -0.1) is 12.8 Å². The number of halogens is 3. The van der Waals surface area contributed by atoms with Crippen LogP contribution < -0.4 is 10.0 Å². The summed E-state index contributed by atoms with van der Waals surface area (Å²) in [4.78, 5) is 0. The second kappa shape index (κ2) is 10.1. The molecule has 1 saturated heterocycles. The Hall–Kier alpha value is -3.01. The minimum Gasteiger partial charge on any atom is -0.326 e. The lowest BCUT2D eigenvalue weighted by molar-refractivity contribution is -0.137. The molecule has 3 aliphatic rings. The maximum absolute atomic E-state index is 13.1. The molecule has 2 bridgehead atoms. The summed E-state index contributed by atoms with van der Waals surface area (Å²) in [5, 5.41) is 8.41. The number of hydrogen-bond acceptors (Lipinski definition) is 4. The van der Waals surface area contributed by atoms with E-state index in [1.165, 1.54) is 17.7 Å². The zero-order valence-electron chi connectivity index (χ0n) is 18.4. The quantitative estimate of drug-likeness (QED) is 0.628. The van der Waals surface area contributed by atoms with Crippen LogP contribution in [-0.2, 0) is 22.7 Å². The Balaban J connectivity index is 0.000000274. The summed E-state index contributed by atoms with van der Waals surface area (Å²) >= 11 is 0. The summed E-state index contributed by atoms with van der Waals surface area (Å²) in [7, 11) is -3.65. The fraction of sp³-hybridized carbons (Fsp3) is 0.400. The zero-order chi connectivity index (χ0) is 25.1. The molecule has 0 amide bonds. The topological polar surface area (TPSA) is 87.2 Å². The second-order valence-electron chi connectivity index (χ2n) is 8.57. The molecule has 180 valence electrons. The van der Waals surface area contributed by atoms with E-state index in [9.17, 15) is 21.6 Å². The van der Waals surface area contributed by atoms with Gasteiger partial charge in [0.25, 0.3) is 0 Å². The maximum atomic E-state index is 13.1. The van der Waals surface area contributed by atoms with E-state index in [0.717, 1.165) is 35.7 Å². The highest BCUT2D eigenvalue weighted by Gasteiger charge is 2.59. The van der Waals surface area contributed by atoms with Crippen LogP contribution in [-0.4, -0.2) is 20.2 Å². The van der Waals surface area contributed by atoms with Crippen molar-refractivity contribution in [1.29, 1.82) is 5.26 Å². The molecular weight excluding hydrogens is 463 g/mol. The van der Waals surface area contributed by atoms with Crippen molar-refractivity contribution in [2.75, 3.05) is 10.8 Å². The first-order valence-corrected chi connectivity index (χ1v) is 12.4. The lowest BCUT2D eigenvalue weighted by Crippen LogP contribution is -2.33. The van der Waals surface area contributed by atoms with Gasteiger partial charge in [-0.1, -0.05) is 30.3 Å². The molecule has 2 aromatic carbocycles. The molecule has 3 fully saturated rings. The van der Waals surface area contributed by atoms with Crippen LogP contribution in [0.15, 0.2) is 48.5 Å². The van der Waals surface area contributed by atoms with Gasteiger partial charge in [0.15, 0.2) is 0 Å². The van der Waals surface area contributed by atoms with Gasteiger partial charge >= 0.3 is 6.18 Å². The fourth-order valence-corrected chi connectivity index (χ4v) is 7.97. The van der Waals surface area contributed by atoms with Crippen LogP contribution in [0.2, 0.25) is 0 Å². The monoisotopic (exact) mass is 489 g/mol. The number of fused-ring (bicyclic) bond motifs is 5. The standard InChI is InChI=1S/C16H15F3N2O2S.C7H9N.C2H2/c17-16(18,19)14-6-12(4-3-11(14)7-20)21-8-13-9-1-2-10(5-9)15(13)24(21,22)23;8-6-7-4-2-1-3-5-7;1-2/h3-4,6,9-10,13,15H,1-2,5,8H2;1-5H,6,8H2;1-2H/t9-,10+,13-,15+;;/m1../s1. The summed E-state index contributed by atoms with van der Waals surface area (Å²) in [6.07, 6.45) is 6.12. The van der Waals surface area contributed by atoms with Crippen LogP contribution >= 0.6 is 0 Å². The van der Waals surface area contributed by atoms with Crippen LogP contribution in [0.4, 0.5) is 18.9 Å². The third kappa shape index (κ3) is 4.77. The number of terminal acetylenes is 1. The molecule has 2 saturated carbocycles. The highest BCUT2D eigenvalue weighted by molar-refractivity contribution is 7.93. The smallest absolute Gasteiger partial charge is 0.326 e. The fourth-order valence-electron chi connectivity index (χ4n) is 5.40. The number of nitrogens with two attached hydrogens (primary N) is 1. The molecule has 1 aliphatic heterocycles. The molecule has 0 radical (unpaired) electrons. The minimum absolute atomic E-state index is 0.00938. The summed E-state index contributed by atoms with van der Waals surface area (Å²) in [5.74, 6) is 0.509. The number of nitriles is 1. The summed E-state index contributed by atoms with van der Waals surface area (Å²) in [5.41, 5.74) is 4.96. The van der Waals surface area contributed by atoms with Crippen molar-refractivity contribution in [3.8, 4) is 18.9 Å². The molecule has 5 nitrogen and oxygen atoms in total. The minimum atomic E-state index is -4.69. The molecular formula is C25H26F3N3O2S. The van der Waals surface area contributed by atoms with Crippen molar-refractivity contribution in [3.05, 3.63) is 65.2 Å². The van der Waals surface area contributed by atoms with Crippen molar-refractivity contribution < 1.29 is 21.6 Å². The first-order chi connectivity index (χ1) is 16.2. The van der Waals surface area contributed by atoms with Gasteiger partial charge in [0, 0.05) is 13.1 Å². The van der Waals surface area contributed by atoms with Crippen molar-refractivity contribution in [3.63, 3.8) is 0 Å². The first-order valence-electron chi connectivity index (χ1n) is 10.9. The average molecular weight is 490 g/mol. The Morgan fingerprint density at radius 1 is 1.09 bits per heavy atom. The second-order valence-corrected chi connectivity index (χ2v) is 10.6. The highest BCUT2D eigenvalue weighted by Crippen LogP contribution is 2.55. The molecule has 2 aromatic rings. The van der Waals surface area contributed by atoms with Crippen LogP contribution in [0.3, 0.4) is 0 Å². The number of rotatable bonds is 2. The van der Waals surface area contributed by atoms with Crippen LogP contribution in [0.1, 0.15) is 36.0 Å². The van der Waals surface area contributed by atoms with Crippen LogP contribution in [0, 0.1) is 41.9 Å². The van der Waals surface area contributed by atoms with Crippen molar-refractivity contribution in [2.45, 2.75) is 37.2 Å². The lowest BCUT2D eigenvalue weighted by atomic mass is 9.88. The highest BCUT2D eigenvalue weighted by atomic mass is 32.2. The van der Waals surface area contributed by atoms with E-state index in [4.69, 9.17) is 11.0 Å². The van der Waals surface area contributed by atoms with Gasteiger partial charge in [-0.05, 0) is 60.8 Å². The largest absolute Gasteiger partial charge is 0.417 e. The van der Waals surface area contributed by atoms with Gasteiger partial charge in [-0.25, -0.2) is 8.42 Å². The van der Waals surface area contributed by atoms with E-state index in [1.54, 1.807) is 0 Å². The molecule has 0 unspecified atom stereocenters. The SMILES string of the molecule is C#C.N#Cc1ccc(N2C[C@@H]3[C@@H]4CC[C@@H](C4)[C@@H]3S2(=O)=O)cc1C(F)(F)F.NCc1ccccc1. The molecule has 5 rings (SSSR count). The van der Waals surface area contributed by atoms with E-state index in [2.05, 4.69) is 12.8 Å². The number of anilines is 1. The van der Waals surface area contributed by atoms with E-state index in [1.807, 2.05) is 30.3 Å². The van der Waals surface area contributed by atoms with Gasteiger partial charge in [0.05, 0.1) is 28.1 Å². The summed E-state index contributed by atoms with van der Waals surface area (Å²) in [6, 6.07) is 14.6. The molecule has 9 heteroatoms. The van der Waals surface area contributed by atoms with E-state index in [0.29, 0.717) is 12.5 Å². The molecule has 2 N–H and O–H groups in total. The molecule has 1 heterocycles. The normalized spacial score (nSPS) is 25.9. The molecule has 0 aromatic heterocycles. The third-order valence-corrected chi connectivity index (χ3v) is 9.23. The van der Waals surface area contributed by atoms with Crippen molar-refractivity contribution >= 4 is 15.7 Å². The number of nitrogens with zero attached hydrogens (tertiary/aromatic N) is 2. The van der Waals surface area contributed by atoms with Gasteiger partial charge < -0.3 is 5.73 Å². The molecule has 34 heavy (non-hydrogen) atoms. The Bertz CT molecular complexity index is 1170. The third-order valence-electron chi connectivity index (χ3n) is 6.83. The van der Waals surface area contributed by atoms with Gasteiger partial charge in [-0.2, -0.15) is 18.4 Å². The molecule has 2 aliphatic carbocycles. The zero-order valence-corrected chi connectivity index (χ0v) is 19.3. The van der Waals surface area contributed by atoms with Crippen LogP contribution in [0.5, 0.6) is 0 Å². The predicted octanol–water partition coefficient (Wildman–Crippen LogP) is 4.54. The van der Waals surface area contributed by atoms with E-state index < -0.39 is 32.6 Å². The summed E-state index contributed by atoms with van der Waals surface area (Å²) in [6.45, 7) is 0.887. The number of sulfonamides is 1. The molecule has 4 atom stereocenters. The Morgan fingerprint density at radius 2 is 1.74 bits per heavy atom. The Morgan fingerprint density at radius 3 is 2.26 bits per heavy atom. The van der Waals surface area contributed by atoms with E-state index in [-0.39, 0.29) is 24.1 Å².